The van der Waals surface area contributed by atoms with Crippen LogP contribution < -0.4 is 36.0 Å². The van der Waals surface area contributed by atoms with E-state index < -0.39 is 0 Å². The number of anilines is 8. The molecule has 0 saturated heterocycles. The van der Waals surface area contributed by atoms with Crippen molar-refractivity contribution < 1.29 is 0 Å². The van der Waals surface area contributed by atoms with Crippen molar-refractivity contribution in [2.24, 2.45) is 0 Å². The van der Waals surface area contributed by atoms with Gasteiger partial charge in [0.2, 0.25) is 6.71 Å². The lowest BCUT2D eigenvalue weighted by Gasteiger charge is -2.40. The van der Waals surface area contributed by atoms with Crippen LogP contribution in [0.15, 0.2) is 183 Å². The van der Waals surface area contributed by atoms with Gasteiger partial charge in [-0.05, 0) is 118 Å². The number of hydrogen-bond acceptors (Lipinski definition) is 6. The smallest absolute Gasteiger partial charge is 0.247 e. The van der Waals surface area contributed by atoms with Crippen molar-refractivity contribution in [3.63, 3.8) is 0 Å². The molecular weight excluding hydrogens is 708 g/mol. The first-order valence-corrected chi connectivity index (χ1v) is 20.7. The van der Waals surface area contributed by atoms with Crippen LogP contribution in [-0.2, 0) is 0 Å². The lowest BCUT2D eigenvalue weighted by Crippen LogP contribution is -2.58. The van der Waals surface area contributed by atoms with Gasteiger partial charge in [0.1, 0.15) is 11.3 Å². The molecule has 266 valence electrons. The molecule has 0 N–H and O–H groups in total. The van der Waals surface area contributed by atoms with Gasteiger partial charge in [-0.25, -0.2) is 0 Å². The quantitative estimate of drug-likeness (QED) is 0.165. The number of nitrogens with zero attached hydrogens (tertiary/aromatic N) is 4. The van der Waals surface area contributed by atoms with E-state index in [0.717, 1.165) is 0 Å². The topological polar surface area (TPSA) is 13.0 Å². The van der Waals surface area contributed by atoms with Crippen molar-refractivity contribution in [3.8, 4) is 0 Å². The summed E-state index contributed by atoms with van der Waals surface area (Å²) >= 11 is 3.86. The molecule has 0 amide bonds. The predicted molar refractivity (Wildman–Crippen MR) is 235 cm³/mol. The van der Waals surface area contributed by atoms with Crippen LogP contribution in [0.3, 0.4) is 0 Å². The fourth-order valence-corrected chi connectivity index (χ4v) is 12.1. The Morgan fingerprint density at radius 1 is 0.364 bits per heavy atom. The Morgan fingerprint density at radius 3 is 1.00 bits per heavy atom. The number of benzene rings is 7. The van der Waals surface area contributed by atoms with Gasteiger partial charge < -0.3 is 19.6 Å². The third-order valence-corrected chi connectivity index (χ3v) is 14.1. The van der Waals surface area contributed by atoms with Crippen LogP contribution in [0.5, 0.6) is 0 Å². The van der Waals surface area contributed by atoms with E-state index in [2.05, 4.69) is 211 Å². The second-order valence-corrected chi connectivity index (χ2v) is 17.9. The van der Waals surface area contributed by atoms with Crippen molar-refractivity contribution in [1.82, 2.24) is 0 Å². The van der Waals surface area contributed by atoms with Crippen LogP contribution in [0.4, 0.5) is 45.5 Å². The minimum Gasteiger partial charge on any atom is -0.316 e. The summed E-state index contributed by atoms with van der Waals surface area (Å²) in [5.74, 6) is 0. The summed E-state index contributed by atoms with van der Waals surface area (Å²) in [4.78, 5) is 15.5. The average molecular weight is 747 g/mol. The summed E-state index contributed by atoms with van der Waals surface area (Å²) in [5.41, 5.74) is 13.2. The number of hydrogen-bond donors (Lipinski definition) is 0. The molecule has 0 unspecified atom stereocenters. The number of fused-ring (bicyclic) bond motifs is 6. The van der Waals surface area contributed by atoms with E-state index in [9.17, 15) is 0 Å². The maximum absolute atomic E-state index is 2.54. The van der Waals surface area contributed by atoms with Crippen molar-refractivity contribution in [2.75, 3.05) is 19.6 Å². The van der Waals surface area contributed by atoms with E-state index in [4.69, 9.17) is 0 Å². The average Bonchev–Trinajstić information content (AvgIpc) is 3.57. The Bertz CT molecular complexity index is 2450. The van der Waals surface area contributed by atoms with Gasteiger partial charge in [-0.1, -0.05) is 113 Å². The Morgan fingerprint density at radius 2 is 0.673 bits per heavy atom. The van der Waals surface area contributed by atoms with Crippen LogP contribution in [0, 0.1) is 0 Å². The van der Waals surface area contributed by atoms with Gasteiger partial charge >= 0.3 is 0 Å². The molecule has 0 atom stereocenters. The summed E-state index contributed by atoms with van der Waals surface area (Å²) in [5, 5.41) is 0. The van der Waals surface area contributed by atoms with Gasteiger partial charge in [0.25, 0.3) is 0 Å². The normalized spacial score (nSPS) is 16.7. The van der Waals surface area contributed by atoms with E-state index in [1.165, 1.54) is 81.5 Å². The van der Waals surface area contributed by atoms with Gasteiger partial charge in [-0.2, -0.15) is 0 Å². The molecule has 0 aromatic heterocycles. The highest BCUT2D eigenvalue weighted by Gasteiger charge is 2.49. The molecule has 0 radical (unpaired) electrons. The third kappa shape index (κ3) is 4.76. The highest BCUT2D eigenvalue weighted by Crippen LogP contribution is 2.56. The molecule has 0 fully saturated rings. The zero-order chi connectivity index (χ0) is 37.1. The zero-order valence-corrected chi connectivity index (χ0v) is 32.9. The molecule has 4 aliphatic heterocycles. The zero-order valence-electron chi connectivity index (χ0n) is 31.3. The molecule has 0 aliphatic carbocycles. The first kappa shape index (κ1) is 32.9. The first-order valence-electron chi connectivity index (χ1n) is 19.1. The van der Waals surface area contributed by atoms with Gasteiger partial charge in [0.15, 0.2) is 0 Å². The minimum absolute atomic E-state index is 0.0901. The number of rotatable bonds is 4. The lowest BCUT2D eigenvalue weighted by molar-refractivity contribution is 0.540. The van der Waals surface area contributed by atoms with E-state index in [1.807, 2.05) is 23.5 Å². The maximum Gasteiger partial charge on any atom is 0.247 e. The summed E-state index contributed by atoms with van der Waals surface area (Å²) in [7, 11) is 0. The third-order valence-electron chi connectivity index (χ3n) is 11.8. The molecule has 7 heteroatoms. The monoisotopic (exact) mass is 746 g/mol. The van der Waals surface area contributed by atoms with E-state index >= 15 is 0 Å². The fourth-order valence-electron chi connectivity index (χ4n) is 9.70. The van der Waals surface area contributed by atoms with Crippen molar-refractivity contribution in [3.05, 3.63) is 164 Å². The highest BCUT2D eigenvalue weighted by atomic mass is 32.2. The summed E-state index contributed by atoms with van der Waals surface area (Å²) in [6.07, 6.45) is 0. The molecule has 0 bridgehead atoms. The van der Waals surface area contributed by atoms with Gasteiger partial charge in [0.05, 0.1) is 22.7 Å². The molecule has 4 heterocycles. The molecule has 11 rings (SSSR count). The van der Waals surface area contributed by atoms with E-state index in [0.29, 0.717) is 0 Å². The predicted octanol–water partition coefficient (Wildman–Crippen LogP) is 11.2. The largest absolute Gasteiger partial charge is 0.316 e. The summed E-state index contributed by atoms with van der Waals surface area (Å²) in [6, 6.07) is 60.5. The second-order valence-electron chi connectivity index (χ2n) is 15.7. The molecule has 7 aromatic rings. The minimum atomic E-state index is -0.360. The Kier molecular flexibility index (Phi) is 7.18. The molecule has 0 saturated carbocycles. The molecule has 4 aliphatic rings. The molecule has 55 heavy (non-hydrogen) atoms. The lowest BCUT2D eigenvalue weighted by atomic mass is 9.36. The summed E-state index contributed by atoms with van der Waals surface area (Å²) in [6.45, 7) is 9.48. The fraction of sp³-hybridized carbons (Fsp3) is 0.125. The van der Waals surface area contributed by atoms with E-state index in [1.54, 1.807) is 0 Å². The number of para-hydroxylation sites is 4. The van der Waals surface area contributed by atoms with Gasteiger partial charge in [0, 0.05) is 42.3 Å². The Hall–Kier alpha value is -5.50. The van der Waals surface area contributed by atoms with Crippen LogP contribution in [0.1, 0.15) is 27.7 Å². The van der Waals surface area contributed by atoms with Crippen LogP contribution in [-0.4, -0.2) is 18.0 Å². The van der Waals surface area contributed by atoms with E-state index in [-0.39, 0.29) is 18.0 Å². The molecule has 0 spiro atoms. The Labute approximate surface area is 332 Å². The maximum atomic E-state index is 2.54. The van der Waals surface area contributed by atoms with Gasteiger partial charge in [-0.15, -0.1) is 0 Å². The van der Waals surface area contributed by atoms with Crippen LogP contribution >= 0.6 is 23.5 Å². The SMILES string of the molecule is CC1(C)N(c2ccccc2)c2cc3c(cc2N1c1ccccc1)B1c2cc4c(cc2Sc2cccc(c21)S3)N(c1ccccc1)C(C)(C)N4c1ccccc1. The Balaban J connectivity index is 1.16. The first-order chi connectivity index (χ1) is 26.8. The molecular formula is C48H39BN4S2. The van der Waals surface area contributed by atoms with Gasteiger partial charge in [-0.3, -0.25) is 0 Å². The van der Waals surface area contributed by atoms with Crippen molar-refractivity contribution >= 4 is 92.1 Å². The van der Waals surface area contributed by atoms with Crippen LogP contribution in [0.25, 0.3) is 0 Å². The second kappa shape index (κ2) is 12.0. The molecule has 7 aromatic carbocycles. The summed E-state index contributed by atoms with van der Waals surface area (Å²) < 4.78 is 0. The molecule has 4 nitrogen and oxygen atoms in total. The van der Waals surface area contributed by atoms with Crippen LogP contribution in [0.2, 0.25) is 0 Å². The van der Waals surface area contributed by atoms with Crippen molar-refractivity contribution in [2.45, 2.75) is 58.6 Å². The van der Waals surface area contributed by atoms with Crippen molar-refractivity contribution in [1.29, 1.82) is 0 Å². The standard InChI is InChI=1S/C48H39BN4S2/c1-47(2)50(32-18-9-5-10-19-32)38-28-36-44(30-40(38)52(47)34-22-13-7-14-23-34)54-42-26-17-27-43-46(42)49(36)37-29-39-41(31-45(37)55-43)53(35-24-15-8-16-25-35)48(3,4)51(39)33-20-11-6-12-21-33/h5-31H,1-4H3. The highest BCUT2D eigenvalue weighted by molar-refractivity contribution is 8.01.